The Labute approximate surface area is 192 Å². The highest BCUT2D eigenvalue weighted by Gasteiger charge is 2.26. The molecule has 2 heterocycles. The van der Waals surface area contributed by atoms with Crippen LogP contribution >= 0.6 is 11.6 Å². The lowest BCUT2D eigenvalue weighted by Crippen LogP contribution is -2.49. The highest BCUT2D eigenvalue weighted by atomic mass is 35.5. The van der Waals surface area contributed by atoms with Crippen LogP contribution in [-0.4, -0.2) is 52.5 Å². The number of rotatable bonds is 5. The number of halogens is 1. The van der Waals surface area contributed by atoms with Gasteiger partial charge >= 0.3 is 0 Å². The molecule has 1 atom stereocenters. The number of imidazole rings is 1. The van der Waals surface area contributed by atoms with Gasteiger partial charge in [-0.1, -0.05) is 11.6 Å². The number of carbonyl (C=O) groups excluding carboxylic acids is 2. The standard InChI is InChI=1S/C24H25ClN4O3/c1-16-13-29(15-26-16)21-10-7-18(12-22(21)32-2)23(30)27-20-4-3-11-28(14-20)24(31)17-5-8-19(25)9-6-17/h5-10,12-13,15,20H,3-4,11,14H2,1-2H3,(H,27,30). The number of methoxy groups -OCH3 is 1. The second-order valence-corrected chi connectivity index (χ2v) is 8.32. The Morgan fingerprint density at radius 3 is 2.59 bits per heavy atom. The topological polar surface area (TPSA) is 76.5 Å². The van der Waals surface area contributed by atoms with Crippen molar-refractivity contribution >= 4 is 23.4 Å². The number of benzene rings is 2. The zero-order valence-electron chi connectivity index (χ0n) is 18.0. The van der Waals surface area contributed by atoms with Crippen LogP contribution in [0.25, 0.3) is 5.69 Å². The van der Waals surface area contributed by atoms with Gasteiger partial charge in [0.1, 0.15) is 5.75 Å². The van der Waals surface area contributed by atoms with E-state index in [1.807, 2.05) is 23.8 Å². The third-order valence-corrected chi connectivity index (χ3v) is 5.82. The molecule has 0 spiro atoms. The molecule has 1 N–H and O–H groups in total. The fourth-order valence-electron chi connectivity index (χ4n) is 3.91. The summed E-state index contributed by atoms with van der Waals surface area (Å²) in [5, 5.41) is 3.66. The highest BCUT2D eigenvalue weighted by molar-refractivity contribution is 6.30. The molecule has 0 radical (unpaired) electrons. The zero-order valence-corrected chi connectivity index (χ0v) is 18.8. The van der Waals surface area contributed by atoms with Gasteiger partial charge in [-0.25, -0.2) is 4.98 Å². The largest absolute Gasteiger partial charge is 0.495 e. The van der Waals surface area contributed by atoms with Crippen LogP contribution < -0.4 is 10.1 Å². The molecule has 166 valence electrons. The number of aryl methyl sites for hydroxylation is 1. The molecule has 0 saturated carbocycles. The van der Waals surface area contributed by atoms with E-state index in [9.17, 15) is 9.59 Å². The molecule has 0 bridgehead atoms. The number of nitrogens with zero attached hydrogens (tertiary/aromatic N) is 3. The summed E-state index contributed by atoms with van der Waals surface area (Å²) in [6, 6.07) is 12.1. The molecule has 32 heavy (non-hydrogen) atoms. The number of hydrogen-bond acceptors (Lipinski definition) is 4. The number of aromatic nitrogens is 2. The maximum atomic E-state index is 12.9. The molecule has 1 aliphatic heterocycles. The Kier molecular flexibility index (Phi) is 6.46. The molecule has 1 saturated heterocycles. The van der Waals surface area contributed by atoms with Crippen molar-refractivity contribution in [3.05, 3.63) is 76.8 Å². The van der Waals surface area contributed by atoms with Crippen molar-refractivity contribution in [1.82, 2.24) is 19.8 Å². The molecule has 3 aromatic rings. The summed E-state index contributed by atoms with van der Waals surface area (Å²) in [7, 11) is 1.58. The van der Waals surface area contributed by atoms with Crippen LogP contribution in [0.1, 0.15) is 39.3 Å². The van der Waals surface area contributed by atoms with E-state index in [4.69, 9.17) is 16.3 Å². The van der Waals surface area contributed by atoms with Crippen LogP contribution in [0.5, 0.6) is 5.75 Å². The van der Waals surface area contributed by atoms with Crippen molar-refractivity contribution in [2.45, 2.75) is 25.8 Å². The van der Waals surface area contributed by atoms with Crippen LogP contribution in [0.15, 0.2) is 55.0 Å². The van der Waals surface area contributed by atoms with E-state index in [-0.39, 0.29) is 17.9 Å². The molecule has 8 heteroatoms. The predicted molar refractivity (Wildman–Crippen MR) is 123 cm³/mol. The summed E-state index contributed by atoms with van der Waals surface area (Å²) in [5.74, 6) is 0.336. The molecule has 1 fully saturated rings. The van der Waals surface area contributed by atoms with E-state index < -0.39 is 0 Å². The SMILES string of the molecule is COc1cc(C(=O)NC2CCCN(C(=O)c3ccc(Cl)cc3)C2)ccc1-n1cnc(C)c1. The van der Waals surface area contributed by atoms with Crippen LogP contribution in [-0.2, 0) is 0 Å². The van der Waals surface area contributed by atoms with Gasteiger partial charge in [-0.15, -0.1) is 0 Å². The molecule has 7 nitrogen and oxygen atoms in total. The summed E-state index contributed by atoms with van der Waals surface area (Å²) in [6.07, 6.45) is 5.25. The first-order valence-electron chi connectivity index (χ1n) is 10.5. The molecule has 1 unspecified atom stereocenters. The van der Waals surface area contributed by atoms with Gasteiger partial charge in [-0.2, -0.15) is 0 Å². The number of likely N-dealkylation sites (tertiary alicyclic amines) is 1. The van der Waals surface area contributed by atoms with Crippen molar-refractivity contribution in [2.75, 3.05) is 20.2 Å². The van der Waals surface area contributed by atoms with Crippen LogP contribution in [0.3, 0.4) is 0 Å². The van der Waals surface area contributed by atoms with Gasteiger partial charge in [-0.3, -0.25) is 9.59 Å². The second kappa shape index (κ2) is 9.44. The Hall–Kier alpha value is -3.32. The van der Waals surface area contributed by atoms with Gasteiger partial charge in [-0.05, 0) is 62.2 Å². The van der Waals surface area contributed by atoms with Gasteiger partial charge in [0.15, 0.2) is 0 Å². The third kappa shape index (κ3) is 4.78. The summed E-state index contributed by atoms with van der Waals surface area (Å²) < 4.78 is 7.36. The van der Waals surface area contributed by atoms with Gasteiger partial charge in [0.05, 0.1) is 24.8 Å². The van der Waals surface area contributed by atoms with E-state index in [1.54, 1.807) is 54.7 Å². The number of ether oxygens (including phenoxy) is 1. The molecule has 0 aliphatic carbocycles. The zero-order chi connectivity index (χ0) is 22.7. The third-order valence-electron chi connectivity index (χ3n) is 5.57. The van der Waals surface area contributed by atoms with Crippen molar-refractivity contribution in [1.29, 1.82) is 0 Å². The van der Waals surface area contributed by atoms with Crippen LogP contribution in [0, 0.1) is 6.92 Å². The first-order chi connectivity index (χ1) is 15.4. The van der Waals surface area contributed by atoms with Crippen molar-refractivity contribution < 1.29 is 14.3 Å². The minimum atomic E-state index is -0.192. The molecule has 2 amide bonds. The first-order valence-corrected chi connectivity index (χ1v) is 10.9. The summed E-state index contributed by atoms with van der Waals surface area (Å²) in [4.78, 5) is 31.7. The van der Waals surface area contributed by atoms with E-state index >= 15 is 0 Å². The van der Waals surface area contributed by atoms with E-state index in [0.29, 0.717) is 35.0 Å². The lowest BCUT2D eigenvalue weighted by molar-refractivity contribution is 0.0676. The Morgan fingerprint density at radius 2 is 1.91 bits per heavy atom. The van der Waals surface area contributed by atoms with E-state index in [0.717, 1.165) is 24.2 Å². The summed E-state index contributed by atoms with van der Waals surface area (Å²) in [6.45, 7) is 3.05. The molecule has 1 aromatic heterocycles. The second-order valence-electron chi connectivity index (χ2n) is 7.88. The minimum Gasteiger partial charge on any atom is -0.495 e. The monoisotopic (exact) mass is 452 g/mol. The van der Waals surface area contributed by atoms with Gasteiger partial charge < -0.3 is 19.5 Å². The number of amides is 2. The molecule has 1 aliphatic rings. The molecular weight excluding hydrogens is 428 g/mol. The molecule has 2 aromatic carbocycles. The average molecular weight is 453 g/mol. The van der Waals surface area contributed by atoms with E-state index in [1.165, 1.54) is 0 Å². The maximum Gasteiger partial charge on any atom is 0.253 e. The number of piperidine rings is 1. The van der Waals surface area contributed by atoms with Crippen molar-refractivity contribution in [3.8, 4) is 11.4 Å². The first kappa shape index (κ1) is 21.9. The minimum absolute atomic E-state index is 0.0535. The van der Waals surface area contributed by atoms with Crippen molar-refractivity contribution in [3.63, 3.8) is 0 Å². The smallest absolute Gasteiger partial charge is 0.253 e. The fourth-order valence-corrected chi connectivity index (χ4v) is 4.03. The van der Waals surface area contributed by atoms with E-state index in [2.05, 4.69) is 10.3 Å². The Balaban J connectivity index is 1.44. The quantitative estimate of drug-likeness (QED) is 0.637. The normalized spacial score (nSPS) is 16.0. The highest BCUT2D eigenvalue weighted by Crippen LogP contribution is 2.25. The van der Waals surface area contributed by atoms with Gasteiger partial charge in [0.2, 0.25) is 0 Å². The Bertz CT molecular complexity index is 1130. The predicted octanol–water partition coefficient (Wildman–Crippen LogP) is 3.88. The van der Waals surface area contributed by atoms with Crippen LogP contribution in [0.4, 0.5) is 0 Å². The molecule has 4 rings (SSSR count). The lowest BCUT2D eigenvalue weighted by Gasteiger charge is -2.33. The fraction of sp³-hybridized carbons (Fsp3) is 0.292. The molecular formula is C24H25ClN4O3. The van der Waals surface area contributed by atoms with Gasteiger partial charge in [0.25, 0.3) is 11.8 Å². The summed E-state index contributed by atoms with van der Waals surface area (Å²) >= 11 is 5.92. The number of hydrogen-bond donors (Lipinski definition) is 1. The number of nitrogens with one attached hydrogen (secondary N) is 1. The van der Waals surface area contributed by atoms with Crippen LogP contribution in [0.2, 0.25) is 5.02 Å². The lowest BCUT2D eigenvalue weighted by atomic mass is 10.0. The van der Waals surface area contributed by atoms with Crippen molar-refractivity contribution in [2.24, 2.45) is 0 Å². The maximum absolute atomic E-state index is 12.9. The average Bonchev–Trinajstić information content (AvgIpc) is 3.24. The Morgan fingerprint density at radius 1 is 1.16 bits per heavy atom. The van der Waals surface area contributed by atoms with Gasteiger partial charge in [0, 0.05) is 41.5 Å². The summed E-state index contributed by atoms with van der Waals surface area (Å²) in [5.41, 5.74) is 2.80. The number of carbonyl (C=O) groups is 2.